The molecule has 1 aromatic heterocycles. The van der Waals surface area contributed by atoms with Crippen molar-refractivity contribution in [2.45, 2.75) is 20.3 Å². The molecule has 0 aliphatic rings. The van der Waals surface area contributed by atoms with Gasteiger partial charge in [0.2, 0.25) is 5.91 Å². The topological polar surface area (TPSA) is 58.6 Å². The lowest BCUT2D eigenvalue weighted by Crippen LogP contribution is -2.38. The molecule has 2 rings (SSSR count). The molecule has 0 bridgehead atoms. The molecule has 5 nitrogen and oxygen atoms in total. The third-order valence-corrected chi connectivity index (χ3v) is 4.56. The Labute approximate surface area is 146 Å². The van der Waals surface area contributed by atoms with Gasteiger partial charge in [-0.1, -0.05) is 19.1 Å². The molecule has 0 aliphatic carbocycles. The molecular formula is C18H22N2O3S. The van der Waals surface area contributed by atoms with E-state index in [2.05, 4.69) is 5.32 Å². The number of amides is 2. The number of rotatable bonds is 7. The van der Waals surface area contributed by atoms with Crippen LogP contribution in [0.3, 0.4) is 0 Å². The molecule has 0 fully saturated rings. The fourth-order valence-electron chi connectivity index (χ4n) is 2.37. The second kappa shape index (κ2) is 8.49. The Bertz CT molecular complexity index is 712. The number of nitrogens with zero attached hydrogens (tertiary/aromatic N) is 1. The van der Waals surface area contributed by atoms with E-state index in [0.717, 1.165) is 12.0 Å². The summed E-state index contributed by atoms with van der Waals surface area (Å²) >= 11 is 1.41. The number of hydrogen-bond acceptors (Lipinski definition) is 4. The van der Waals surface area contributed by atoms with E-state index >= 15 is 0 Å². The molecule has 6 heteroatoms. The average molecular weight is 346 g/mol. The monoisotopic (exact) mass is 346 g/mol. The van der Waals surface area contributed by atoms with E-state index in [1.54, 1.807) is 24.1 Å². The summed E-state index contributed by atoms with van der Waals surface area (Å²) < 4.78 is 5.23. The van der Waals surface area contributed by atoms with Gasteiger partial charge in [-0.3, -0.25) is 9.59 Å². The molecule has 0 saturated carbocycles. The van der Waals surface area contributed by atoms with Crippen LogP contribution in [-0.2, 0) is 4.79 Å². The van der Waals surface area contributed by atoms with Gasteiger partial charge in [0.15, 0.2) is 0 Å². The van der Waals surface area contributed by atoms with Gasteiger partial charge in [-0.25, -0.2) is 0 Å². The lowest BCUT2D eigenvalue weighted by atomic mass is 10.2. The number of methoxy groups -OCH3 is 1. The smallest absolute Gasteiger partial charge is 0.264 e. The Morgan fingerprint density at radius 3 is 2.62 bits per heavy atom. The third kappa shape index (κ3) is 4.35. The van der Waals surface area contributed by atoms with E-state index in [9.17, 15) is 9.59 Å². The first-order valence-corrected chi connectivity index (χ1v) is 8.71. The number of thiophene rings is 1. The lowest BCUT2D eigenvalue weighted by molar-refractivity contribution is -0.116. The van der Waals surface area contributed by atoms with E-state index in [1.807, 2.05) is 37.4 Å². The van der Waals surface area contributed by atoms with Gasteiger partial charge in [-0.2, -0.15) is 0 Å². The number of benzene rings is 1. The van der Waals surface area contributed by atoms with Gasteiger partial charge >= 0.3 is 0 Å². The number of aryl methyl sites for hydroxylation is 1. The first-order valence-electron chi connectivity index (χ1n) is 7.83. The normalized spacial score (nSPS) is 10.3. The zero-order chi connectivity index (χ0) is 17.5. The predicted molar refractivity (Wildman–Crippen MR) is 96.9 cm³/mol. The minimum atomic E-state index is -0.240. The van der Waals surface area contributed by atoms with Gasteiger partial charge < -0.3 is 15.0 Å². The quantitative estimate of drug-likeness (QED) is 0.834. The molecule has 0 saturated heterocycles. The summed E-state index contributed by atoms with van der Waals surface area (Å²) in [5.74, 6) is 0.253. The summed E-state index contributed by atoms with van der Waals surface area (Å²) in [5.41, 5.74) is 1.54. The van der Waals surface area contributed by atoms with Crippen molar-refractivity contribution in [3.8, 4) is 5.75 Å². The lowest BCUT2D eigenvalue weighted by Gasteiger charge is -2.21. The number of carbonyl (C=O) groups is 2. The molecule has 0 unspecified atom stereocenters. The van der Waals surface area contributed by atoms with Gasteiger partial charge in [0, 0.05) is 6.54 Å². The predicted octanol–water partition coefficient (Wildman–Crippen LogP) is 3.56. The largest absolute Gasteiger partial charge is 0.495 e. The molecule has 0 aliphatic heterocycles. The zero-order valence-electron chi connectivity index (χ0n) is 14.2. The highest BCUT2D eigenvalue weighted by Crippen LogP contribution is 2.23. The summed E-state index contributed by atoms with van der Waals surface area (Å²) in [6.07, 6.45) is 0.790. The SMILES string of the molecule is CCCN(CC(=O)Nc1ccccc1OC)C(=O)c1sccc1C. The van der Waals surface area contributed by atoms with Crippen LogP contribution in [0.4, 0.5) is 5.69 Å². The molecule has 0 atom stereocenters. The molecule has 128 valence electrons. The van der Waals surface area contributed by atoms with E-state index in [0.29, 0.717) is 22.9 Å². The summed E-state index contributed by atoms with van der Waals surface area (Å²) in [5, 5.41) is 4.70. The Balaban J connectivity index is 2.08. The Kier molecular flexibility index (Phi) is 6.37. The second-order valence-corrected chi connectivity index (χ2v) is 6.32. The van der Waals surface area contributed by atoms with Crippen molar-refractivity contribution in [1.29, 1.82) is 0 Å². The molecule has 0 radical (unpaired) electrons. The highest BCUT2D eigenvalue weighted by atomic mass is 32.1. The van der Waals surface area contributed by atoms with E-state index in [4.69, 9.17) is 4.74 Å². The molecule has 0 spiro atoms. The first-order chi connectivity index (χ1) is 11.6. The van der Waals surface area contributed by atoms with Gasteiger partial charge in [0.1, 0.15) is 12.3 Å². The molecule has 24 heavy (non-hydrogen) atoms. The van der Waals surface area contributed by atoms with Gasteiger partial charge in [-0.05, 0) is 42.5 Å². The minimum Gasteiger partial charge on any atom is -0.495 e. The van der Waals surface area contributed by atoms with Crippen LogP contribution in [0.15, 0.2) is 35.7 Å². The third-order valence-electron chi connectivity index (χ3n) is 3.55. The van der Waals surface area contributed by atoms with E-state index in [1.165, 1.54) is 11.3 Å². The van der Waals surface area contributed by atoms with Gasteiger partial charge in [0.05, 0.1) is 17.7 Å². The van der Waals surface area contributed by atoms with Crippen LogP contribution < -0.4 is 10.1 Å². The molecule has 2 amide bonds. The number of carbonyl (C=O) groups excluding carboxylic acids is 2. The number of para-hydroxylation sites is 2. The maximum absolute atomic E-state index is 12.7. The van der Waals surface area contributed by atoms with Crippen molar-refractivity contribution < 1.29 is 14.3 Å². The van der Waals surface area contributed by atoms with Crippen molar-refractivity contribution >= 4 is 28.8 Å². The number of ether oxygens (including phenoxy) is 1. The van der Waals surface area contributed by atoms with Crippen LogP contribution in [0.1, 0.15) is 28.6 Å². The van der Waals surface area contributed by atoms with E-state index < -0.39 is 0 Å². The van der Waals surface area contributed by atoms with Crippen molar-refractivity contribution in [1.82, 2.24) is 4.90 Å². The Morgan fingerprint density at radius 1 is 1.25 bits per heavy atom. The molecule has 1 aromatic carbocycles. The maximum Gasteiger partial charge on any atom is 0.264 e. The summed E-state index contributed by atoms with van der Waals surface area (Å²) in [4.78, 5) is 27.3. The molecule has 2 aromatic rings. The fraction of sp³-hybridized carbons (Fsp3) is 0.333. The Morgan fingerprint density at radius 2 is 2.00 bits per heavy atom. The van der Waals surface area contributed by atoms with Crippen LogP contribution in [-0.4, -0.2) is 36.9 Å². The fourth-order valence-corrected chi connectivity index (χ4v) is 3.26. The molecular weight excluding hydrogens is 324 g/mol. The summed E-state index contributed by atoms with van der Waals surface area (Å²) in [6.45, 7) is 4.44. The highest BCUT2D eigenvalue weighted by molar-refractivity contribution is 7.12. The number of anilines is 1. The van der Waals surface area contributed by atoms with Crippen molar-refractivity contribution in [3.05, 3.63) is 46.2 Å². The van der Waals surface area contributed by atoms with Crippen molar-refractivity contribution in [2.24, 2.45) is 0 Å². The van der Waals surface area contributed by atoms with E-state index in [-0.39, 0.29) is 18.4 Å². The van der Waals surface area contributed by atoms with Crippen LogP contribution in [0, 0.1) is 6.92 Å². The van der Waals surface area contributed by atoms with Gasteiger partial charge in [-0.15, -0.1) is 11.3 Å². The van der Waals surface area contributed by atoms with Gasteiger partial charge in [0.25, 0.3) is 5.91 Å². The molecule has 1 heterocycles. The van der Waals surface area contributed by atoms with Crippen molar-refractivity contribution in [3.63, 3.8) is 0 Å². The van der Waals surface area contributed by atoms with Crippen molar-refractivity contribution in [2.75, 3.05) is 25.5 Å². The number of nitrogens with one attached hydrogen (secondary N) is 1. The van der Waals surface area contributed by atoms with Crippen LogP contribution in [0.25, 0.3) is 0 Å². The zero-order valence-corrected chi connectivity index (χ0v) is 15.0. The minimum absolute atomic E-state index is 0.0159. The first kappa shape index (κ1) is 18.0. The second-order valence-electron chi connectivity index (χ2n) is 5.41. The highest BCUT2D eigenvalue weighted by Gasteiger charge is 2.21. The summed E-state index contributed by atoms with van der Waals surface area (Å²) in [7, 11) is 1.55. The maximum atomic E-state index is 12.7. The number of hydrogen-bond donors (Lipinski definition) is 1. The average Bonchev–Trinajstić information content (AvgIpc) is 3.00. The summed E-state index contributed by atoms with van der Waals surface area (Å²) in [6, 6.07) is 9.12. The molecule has 1 N–H and O–H groups in total. The van der Waals surface area contributed by atoms with Crippen LogP contribution in [0.2, 0.25) is 0 Å². The van der Waals surface area contributed by atoms with Crippen LogP contribution in [0.5, 0.6) is 5.75 Å². The van der Waals surface area contributed by atoms with Crippen LogP contribution >= 0.6 is 11.3 Å². The standard InChI is InChI=1S/C18H22N2O3S/c1-4-10-20(18(22)17-13(2)9-11-24-17)12-16(21)19-14-7-5-6-8-15(14)23-3/h5-9,11H,4,10,12H2,1-3H3,(H,19,21). The Hall–Kier alpha value is -2.34.